The van der Waals surface area contributed by atoms with Gasteiger partial charge in [-0.1, -0.05) is 12.1 Å². The number of hydrogen-bond donors (Lipinski definition) is 1. The zero-order chi connectivity index (χ0) is 19.6. The van der Waals surface area contributed by atoms with Gasteiger partial charge in [-0.05, 0) is 50.6 Å². The number of hydrazone groups is 1. The Morgan fingerprint density at radius 1 is 1.00 bits per heavy atom. The molecule has 0 aromatic heterocycles. The van der Waals surface area contributed by atoms with Crippen molar-refractivity contribution in [2.75, 3.05) is 19.8 Å². The fraction of sp³-hybridized carbons (Fsp3) is 0.300. The van der Waals surface area contributed by atoms with E-state index in [1.807, 2.05) is 20.8 Å². The summed E-state index contributed by atoms with van der Waals surface area (Å²) in [4.78, 5) is 12.4. The molecule has 0 unspecified atom stereocenters. The lowest BCUT2D eigenvalue weighted by Crippen LogP contribution is -2.18. The van der Waals surface area contributed by atoms with Gasteiger partial charge in [0.25, 0.3) is 5.91 Å². The average Bonchev–Trinajstić information content (AvgIpc) is 2.66. The van der Waals surface area contributed by atoms with Crippen LogP contribution in [0.15, 0.2) is 41.5 Å². The van der Waals surface area contributed by atoms with Gasteiger partial charge in [0, 0.05) is 5.56 Å². The van der Waals surface area contributed by atoms with E-state index in [9.17, 15) is 9.18 Å². The van der Waals surface area contributed by atoms with Crippen molar-refractivity contribution in [2.24, 2.45) is 5.10 Å². The number of hydrogen-bond acceptors (Lipinski definition) is 5. The molecule has 0 heterocycles. The molecular weight excluding hydrogens is 351 g/mol. The summed E-state index contributed by atoms with van der Waals surface area (Å²) in [7, 11) is 0. The van der Waals surface area contributed by atoms with E-state index in [1.54, 1.807) is 24.3 Å². The molecule has 7 heteroatoms. The van der Waals surface area contributed by atoms with Crippen molar-refractivity contribution >= 4 is 12.1 Å². The molecular formula is C20H23FN2O4. The molecule has 0 radical (unpaired) electrons. The molecule has 6 nitrogen and oxygen atoms in total. The van der Waals surface area contributed by atoms with Crippen LogP contribution in [0.2, 0.25) is 0 Å². The van der Waals surface area contributed by atoms with Crippen LogP contribution in [0.1, 0.15) is 36.7 Å². The second kappa shape index (κ2) is 10.2. The standard InChI is InChI=1S/C20H23FN2O4/c1-4-25-17-11-15(12-18(26-5-2)19(17)27-6-3)20(24)23-22-13-14-7-9-16(21)10-8-14/h7-13H,4-6H2,1-3H3,(H,23,24)/b22-13-. The van der Waals surface area contributed by atoms with E-state index in [1.165, 1.54) is 18.3 Å². The summed E-state index contributed by atoms with van der Waals surface area (Å²) >= 11 is 0. The number of amides is 1. The molecule has 2 rings (SSSR count). The Kier molecular flexibility index (Phi) is 7.61. The fourth-order valence-corrected chi connectivity index (χ4v) is 2.30. The first-order valence-corrected chi connectivity index (χ1v) is 8.74. The van der Waals surface area contributed by atoms with Gasteiger partial charge in [0.15, 0.2) is 11.5 Å². The lowest BCUT2D eigenvalue weighted by atomic mass is 10.1. The normalized spacial score (nSPS) is 10.7. The molecule has 0 saturated heterocycles. The van der Waals surface area contributed by atoms with E-state index in [0.717, 1.165) is 0 Å². The van der Waals surface area contributed by atoms with Gasteiger partial charge in [-0.15, -0.1) is 0 Å². The van der Waals surface area contributed by atoms with Crippen molar-refractivity contribution in [1.29, 1.82) is 0 Å². The number of benzene rings is 2. The molecule has 27 heavy (non-hydrogen) atoms. The third kappa shape index (κ3) is 5.70. The van der Waals surface area contributed by atoms with Gasteiger partial charge < -0.3 is 14.2 Å². The van der Waals surface area contributed by atoms with E-state index >= 15 is 0 Å². The van der Waals surface area contributed by atoms with Crippen molar-refractivity contribution in [3.63, 3.8) is 0 Å². The molecule has 2 aromatic rings. The maximum absolute atomic E-state index is 12.9. The topological polar surface area (TPSA) is 69.2 Å². The van der Waals surface area contributed by atoms with Crippen LogP contribution in [0.3, 0.4) is 0 Å². The molecule has 0 aliphatic heterocycles. The number of halogens is 1. The molecule has 144 valence electrons. The average molecular weight is 374 g/mol. The van der Waals surface area contributed by atoms with Crippen molar-refractivity contribution in [2.45, 2.75) is 20.8 Å². The van der Waals surface area contributed by atoms with E-state index < -0.39 is 5.91 Å². The predicted molar refractivity (Wildman–Crippen MR) is 101 cm³/mol. The van der Waals surface area contributed by atoms with E-state index in [2.05, 4.69) is 10.5 Å². The summed E-state index contributed by atoms with van der Waals surface area (Å²) in [6.45, 7) is 6.81. The fourth-order valence-electron chi connectivity index (χ4n) is 2.30. The highest BCUT2D eigenvalue weighted by molar-refractivity contribution is 5.96. The number of nitrogens with one attached hydrogen (secondary N) is 1. The van der Waals surface area contributed by atoms with E-state index in [0.29, 0.717) is 48.2 Å². The van der Waals surface area contributed by atoms with Crippen molar-refractivity contribution in [1.82, 2.24) is 5.43 Å². The Hall–Kier alpha value is -3.09. The minimum Gasteiger partial charge on any atom is -0.490 e. The van der Waals surface area contributed by atoms with Crippen LogP contribution in [0.5, 0.6) is 17.2 Å². The lowest BCUT2D eigenvalue weighted by Gasteiger charge is -2.16. The summed E-state index contributed by atoms with van der Waals surface area (Å²) in [5.74, 6) is 0.555. The molecule has 0 fully saturated rings. The Labute approximate surface area is 157 Å². The van der Waals surface area contributed by atoms with Gasteiger partial charge in [0.2, 0.25) is 5.75 Å². The largest absolute Gasteiger partial charge is 0.490 e. The molecule has 0 atom stereocenters. The molecule has 0 aliphatic rings. The summed E-state index contributed by atoms with van der Waals surface area (Å²) in [6, 6.07) is 8.92. The predicted octanol–water partition coefficient (Wildman–Crippen LogP) is 3.79. The number of carbonyl (C=O) groups is 1. The number of rotatable bonds is 9. The second-order valence-corrected chi connectivity index (χ2v) is 5.35. The van der Waals surface area contributed by atoms with Crippen LogP contribution in [-0.2, 0) is 0 Å². The third-order valence-electron chi connectivity index (χ3n) is 3.42. The molecule has 1 amide bonds. The van der Waals surface area contributed by atoms with Gasteiger partial charge >= 0.3 is 0 Å². The van der Waals surface area contributed by atoms with E-state index in [-0.39, 0.29) is 5.82 Å². The quantitative estimate of drug-likeness (QED) is 0.536. The van der Waals surface area contributed by atoms with Gasteiger partial charge in [-0.3, -0.25) is 4.79 Å². The first-order valence-electron chi connectivity index (χ1n) is 8.74. The summed E-state index contributed by atoms with van der Waals surface area (Å²) < 4.78 is 29.7. The maximum Gasteiger partial charge on any atom is 0.271 e. The summed E-state index contributed by atoms with van der Waals surface area (Å²) in [6.07, 6.45) is 1.43. The van der Waals surface area contributed by atoms with Crippen molar-refractivity contribution in [3.05, 3.63) is 53.3 Å². The first kappa shape index (κ1) is 20.2. The SMILES string of the molecule is CCOc1cc(C(=O)N/N=C\c2ccc(F)cc2)cc(OCC)c1OCC. The zero-order valence-corrected chi connectivity index (χ0v) is 15.6. The van der Waals surface area contributed by atoms with E-state index in [4.69, 9.17) is 14.2 Å². The molecule has 0 spiro atoms. The number of ether oxygens (including phenoxy) is 3. The molecule has 2 aromatic carbocycles. The number of carbonyl (C=O) groups excluding carboxylic acids is 1. The minimum absolute atomic E-state index is 0.321. The smallest absolute Gasteiger partial charge is 0.271 e. The van der Waals surface area contributed by atoms with Crippen LogP contribution < -0.4 is 19.6 Å². The Morgan fingerprint density at radius 2 is 1.56 bits per heavy atom. The third-order valence-corrected chi connectivity index (χ3v) is 3.42. The zero-order valence-electron chi connectivity index (χ0n) is 15.6. The molecule has 0 saturated carbocycles. The van der Waals surface area contributed by atoms with Gasteiger partial charge in [0.05, 0.1) is 26.0 Å². The lowest BCUT2D eigenvalue weighted by molar-refractivity contribution is 0.0954. The Balaban J connectivity index is 2.21. The Morgan fingerprint density at radius 3 is 2.07 bits per heavy atom. The molecule has 1 N–H and O–H groups in total. The maximum atomic E-state index is 12.9. The first-order chi connectivity index (χ1) is 13.1. The van der Waals surface area contributed by atoms with Crippen LogP contribution >= 0.6 is 0 Å². The Bertz CT molecular complexity index is 764. The van der Waals surface area contributed by atoms with Crippen LogP contribution in [0, 0.1) is 5.82 Å². The minimum atomic E-state index is -0.432. The van der Waals surface area contributed by atoms with Gasteiger partial charge in [-0.2, -0.15) is 5.10 Å². The van der Waals surface area contributed by atoms with Gasteiger partial charge in [-0.25, -0.2) is 9.82 Å². The monoisotopic (exact) mass is 374 g/mol. The van der Waals surface area contributed by atoms with Crippen LogP contribution in [0.4, 0.5) is 4.39 Å². The molecule has 0 aliphatic carbocycles. The summed E-state index contributed by atoms with van der Waals surface area (Å²) in [5, 5.41) is 3.90. The highest BCUT2D eigenvalue weighted by Crippen LogP contribution is 2.39. The van der Waals surface area contributed by atoms with Crippen LogP contribution in [-0.4, -0.2) is 31.9 Å². The highest BCUT2D eigenvalue weighted by Gasteiger charge is 2.18. The second-order valence-electron chi connectivity index (χ2n) is 5.35. The number of nitrogens with zero attached hydrogens (tertiary/aromatic N) is 1. The van der Waals surface area contributed by atoms with Gasteiger partial charge in [0.1, 0.15) is 5.82 Å². The van der Waals surface area contributed by atoms with Crippen molar-refractivity contribution < 1.29 is 23.4 Å². The molecule has 0 bridgehead atoms. The highest BCUT2D eigenvalue weighted by atomic mass is 19.1. The van der Waals surface area contributed by atoms with Crippen LogP contribution in [0.25, 0.3) is 0 Å². The van der Waals surface area contributed by atoms with Crippen molar-refractivity contribution in [3.8, 4) is 17.2 Å². The summed E-state index contributed by atoms with van der Waals surface area (Å²) in [5.41, 5.74) is 3.42.